The van der Waals surface area contributed by atoms with Crippen molar-refractivity contribution in [3.8, 4) is 0 Å². The summed E-state index contributed by atoms with van der Waals surface area (Å²) >= 11 is 1.52. The van der Waals surface area contributed by atoms with Gasteiger partial charge in [0.05, 0.1) is 17.3 Å². The van der Waals surface area contributed by atoms with E-state index in [0.717, 1.165) is 35.0 Å². The number of hydrogen-bond donors (Lipinski definition) is 0. The summed E-state index contributed by atoms with van der Waals surface area (Å²) in [5, 5.41) is 9.86. The summed E-state index contributed by atoms with van der Waals surface area (Å²) in [6.07, 6.45) is 3.66. The van der Waals surface area contributed by atoms with E-state index in [4.69, 9.17) is 12.0 Å². The van der Waals surface area contributed by atoms with E-state index in [1.807, 2.05) is 24.3 Å². The molecule has 0 aliphatic carbocycles. The molecule has 5 nitrogen and oxygen atoms in total. The molecule has 1 aliphatic heterocycles. The smallest absolute Gasteiger partial charge is 0.231 e. The number of unbranched alkanes of at least 4 members (excludes halogenated alkanes) is 1. The molecule has 0 atom stereocenters. The molecule has 0 fully saturated rings. The molecule has 0 amide bonds. The monoisotopic (exact) mass is 348 g/mol. The van der Waals surface area contributed by atoms with Gasteiger partial charge in [-0.2, -0.15) is 0 Å². The first-order valence-electron chi connectivity index (χ1n) is 7.86. The van der Waals surface area contributed by atoms with Crippen LogP contribution in [0.15, 0.2) is 43.8 Å². The van der Waals surface area contributed by atoms with Crippen molar-refractivity contribution in [3.63, 3.8) is 0 Å². The third-order valence-corrected chi connectivity index (χ3v) is 5.15. The van der Waals surface area contributed by atoms with Crippen LogP contribution in [-0.4, -0.2) is 12.4 Å². The first-order valence-corrected chi connectivity index (χ1v) is 8.68. The van der Waals surface area contributed by atoms with E-state index >= 15 is 0 Å². The van der Waals surface area contributed by atoms with Crippen LogP contribution in [0.25, 0.3) is 22.0 Å². The molecule has 0 saturated heterocycles. The van der Waals surface area contributed by atoms with Crippen LogP contribution in [0, 0.1) is 6.57 Å². The summed E-state index contributed by atoms with van der Waals surface area (Å²) in [5.41, 5.74) is -0.526. The van der Waals surface area contributed by atoms with Gasteiger partial charge in [0.2, 0.25) is 16.6 Å². The van der Waals surface area contributed by atoms with Crippen LogP contribution < -0.4 is 15.8 Å². The minimum atomic E-state index is -0.750. The fourth-order valence-electron chi connectivity index (χ4n) is 2.75. The normalized spacial score (nSPS) is 14.4. The molecule has 1 aliphatic rings. The van der Waals surface area contributed by atoms with Crippen molar-refractivity contribution in [3.05, 3.63) is 77.7 Å². The predicted octanol–water partition coefficient (Wildman–Crippen LogP) is 3.49. The second kappa shape index (κ2) is 6.94. The fraction of sp³-hybridized carbons (Fsp3) is 0.211. The number of anilines is 1. The van der Waals surface area contributed by atoms with Crippen molar-refractivity contribution >= 4 is 35.1 Å². The summed E-state index contributed by atoms with van der Waals surface area (Å²) in [6.45, 7) is 9.93. The van der Waals surface area contributed by atoms with Crippen molar-refractivity contribution < 1.29 is 0 Å². The van der Waals surface area contributed by atoms with Crippen LogP contribution in [0.5, 0.6) is 0 Å². The highest BCUT2D eigenvalue weighted by Crippen LogP contribution is 2.46. The molecule has 0 spiro atoms. The van der Waals surface area contributed by atoms with Gasteiger partial charge in [0, 0.05) is 22.6 Å². The summed E-state index contributed by atoms with van der Waals surface area (Å²) in [7, 11) is 0. The second-order valence-corrected chi connectivity index (χ2v) is 6.64. The second-order valence-electron chi connectivity index (χ2n) is 5.58. The highest BCUT2D eigenvalue weighted by molar-refractivity contribution is 8.03. The molecule has 3 rings (SSSR count). The Labute approximate surface area is 149 Å². The highest BCUT2D eigenvalue weighted by Gasteiger charge is 2.27. The van der Waals surface area contributed by atoms with E-state index in [1.165, 1.54) is 11.8 Å². The number of hydrogen-bond acceptors (Lipinski definition) is 4. The van der Waals surface area contributed by atoms with Crippen molar-refractivity contribution in [2.45, 2.75) is 24.7 Å². The number of fused-ring (bicyclic) bond motifs is 1. The molecule has 1 heterocycles. The number of thioether (sulfide) groups is 1. The lowest BCUT2D eigenvalue weighted by Crippen LogP contribution is -2.38. The lowest BCUT2D eigenvalue weighted by Gasteiger charge is -2.20. The Morgan fingerprint density at radius 3 is 2.80 bits per heavy atom. The van der Waals surface area contributed by atoms with Crippen LogP contribution >= 0.6 is 11.8 Å². The van der Waals surface area contributed by atoms with E-state index in [0.29, 0.717) is 0 Å². The van der Waals surface area contributed by atoms with Crippen molar-refractivity contribution in [2.24, 2.45) is 0 Å². The van der Waals surface area contributed by atoms with E-state index in [9.17, 15) is 9.59 Å². The Morgan fingerprint density at radius 1 is 1.36 bits per heavy atom. The van der Waals surface area contributed by atoms with Crippen molar-refractivity contribution in [1.29, 1.82) is 0 Å². The molecule has 0 saturated carbocycles. The molecule has 0 bridgehead atoms. The van der Waals surface area contributed by atoms with Gasteiger partial charge in [0.1, 0.15) is 0 Å². The molecule has 2 aromatic carbocycles. The number of rotatable bonds is 5. The van der Waals surface area contributed by atoms with Gasteiger partial charge in [-0.3, -0.25) is 15.5 Å². The maximum absolute atomic E-state index is 12.0. The van der Waals surface area contributed by atoms with Gasteiger partial charge in [0.25, 0.3) is 0 Å². The molecular formula is C19H14N3O2S-. The maximum Gasteiger partial charge on any atom is 0.231 e. The average Bonchev–Trinajstić information content (AvgIpc) is 2.99. The van der Waals surface area contributed by atoms with Crippen LogP contribution in [0.2, 0.25) is 0 Å². The third-order valence-electron chi connectivity index (χ3n) is 4.04. The first-order chi connectivity index (χ1) is 12.1. The first kappa shape index (κ1) is 17.0. The zero-order valence-electron chi connectivity index (χ0n) is 13.6. The summed E-state index contributed by atoms with van der Waals surface area (Å²) in [4.78, 5) is 30.1. The summed E-state index contributed by atoms with van der Waals surface area (Å²) < 4.78 is 0. The van der Waals surface area contributed by atoms with Gasteiger partial charge in [0.15, 0.2) is 0 Å². The Kier molecular flexibility index (Phi) is 4.71. The molecule has 0 N–H and O–H groups in total. The highest BCUT2D eigenvalue weighted by atomic mass is 32.2. The number of benzene rings is 1. The molecule has 6 heteroatoms. The Morgan fingerprint density at radius 2 is 2.12 bits per heavy atom. The number of para-hydroxylation sites is 1. The molecule has 124 valence electrons. The van der Waals surface area contributed by atoms with Crippen LogP contribution in [-0.2, 0) is 0 Å². The third kappa shape index (κ3) is 2.85. The van der Waals surface area contributed by atoms with Crippen molar-refractivity contribution in [1.82, 2.24) is 0 Å². The minimum Gasteiger partial charge on any atom is -0.775 e. The quantitative estimate of drug-likeness (QED) is 0.471. The van der Waals surface area contributed by atoms with Gasteiger partial charge in [-0.25, -0.2) is 4.85 Å². The SMILES string of the molecule is [C-]#[N+]C(=C=[N-])c1c(/C=C2\Sc3ccccc3N2CCCC)c(=O)c1=O. The van der Waals surface area contributed by atoms with Gasteiger partial charge in [-0.1, -0.05) is 37.2 Å². The van der Waals surface area contributed by atoms with Gasteiger partial charge in [-0.05, 0) is 24.6 Å². The predicted molar refractivity (Wildman–Crippen MR) is 102 cm³/mol. The van der Waals surface area contributed by atoms with Crippen LogP contribution in [0.4, 0.5) is 5.69 Å². The van der Waals surface area contributed by atoms with Gasteiger partial charge in [-0.15, -0.1) is 0 Å². The topological polar surface area (TPSA) is 64.0 Å². The van der Waals surface area contributed by atoms with Crippen LogP contribution in [0.3, 0.4) is 0 Å². The lowest BCUT2D eigenvalue weighted by molar-refractivity contribution is 0.780. The van der Waals surface area contributed by atoms with E-state index in [1.54, 1.807) is 11.9 Å². The molecule has 0 radical (unpaired) electrons. The lowest BCUT2D eigenvalue weighted by atomic mass is 9.98. The maximum atomic E-state index is 12.0. The van der Waals surface area contributed by atoms with E-state index in [2.05, 4.69) is 16.7 Å². The molecule has 0 unspecified atom stereocenters. The summed E-state index contributed by atoms with van der Waals surface area (Å²) in [6, 6.07) is 7.95. The van der Waals surface area contributed by atoms with Crippen LogP contribution in [0.1, 0.15) is 30.9 Å². The Hall–Kier alpha value is -2.87. The number of nitrogens with zero attached hydrogens (tertiary/aromatic N) is 3. The molecule has 0 aromatic heterocycles. The summed E-state index contributed by atoms with van der Waals surface area (Å²) in [5.74, 6) is 1.70. The Bertz CT molecular complexity index is 1030. The van der Waals surface area contributed by atoms with E-state index < -0.39 is 10.9 Å². The zero-order chi connectivity index (χ0) is 18.0. The van der Waals surface area contributed by atoms with E-state index in [-0.39, 0.29) is 16.8 Å². The largest absolute Gasteiger partial charge is 0.775 e. The fourth-order valence-corrected chi connectivity index (χ4v) is 3.88. The standard InChI is InChI=1S/C19H14N3O2S/c1-3-4-9-22-14-7-5-6-8-15(14)25-16(22)10-12-17(13(11-20)21-2)19(24)18(12)23/h5-8,10H,3-4,9H2,1H3/q-1/b16-10-. The molecular weight excluding hydrogens is 334 g/mol. The molecule has 2 aromatic rings. The molecule has 25 heavy (non-hydrogen) atoms. The average molecular weight is 348 g/mol. The van der Waals surface area contributed by atoms with Crippen molar-refractivity contribution in [2.75, 3.05) is 11.4 Å². The zero-order valence-corrected chi connectivity index (χ0v) is 14.4. The van der Waals surface area contributed by atoms with Gasteiger partial charge >= 0.3 is 0 Å². The van der Waals surface area contributed by atoms with Gasteiger partial charge < -0.3 is 10.3 Å². The Balaban J connectivity index is 2.07. The minimum absolute atomic E-state index is 0.0537.